The summed E-state index contributed by atoms with van der Waals surface area (Å²) in [7, 11) is 0. The van der Waals surface area contributed by atoms with Crippen LogP contribution < -0.4 is 9.47 Å². The first-order valence-electron chi connectivity index (χ1n) is 7.68. The zero-order chi connectivity index (χ0) is 16.2. The second-order valence-electron chi connectivity index (χ2n) is 5.63. The minimum Gasteiger partial charge on any atom is -0.482 e. The number of ketones is 1. The molecule has 4 heteroatoms. The highest BCUT2D eigenvalue weighted by atomic mass is 16.6. The van der Waals surface area contributed by atoms with Crippen LogP contribution in [0.1, 0.15) is 34.8 Å². The maximum absolute atomic E-state index is 11.8. The number of carbonyl (C=O) groups excluding carboxylic acids is 2. The molecule has 23 heavy (non-hydrogen) atoms. The highest BCUT2D eigenvalue weighted by Gasteiger charge is 2.12. The monoisotopic (exact) mass is 310 g/mol. The predicted octanol–water partition coefficient (Wildman–Crippen LogP) is 3.36. The van der Waals surface area contributed by atoms with Gasteiger partial charge in [-0.15, -0.1) is 0 Å². The van der Waals surface area contributed by atoms with Crippen molar-refractivity contribution in [1.29, 1.82) is 0 Å². The topological polar surface area (TPSA) is 52.6 Å². The number of aryl methyl sites for hydroxylation is 2. The first kappa shape index (κ1) is 15.3. The van der Waals surface area contributed by atoms with Crippen molar-refractivity contribution in [3.05, 3.63) is 59.2 Å². The van der Waals surface area contributed by atoms with E-state index in [4.69, 9.17) is 9.47 Å². The van der Waals surface area contributed by atoms with Crippen molar-refractivity contribution in [2.45, 2.75) is 26.2 Å². The number of fused-ring (bicyclic) bond motifs is 1. The molecule has 0 fully saturated rings. The molecule has 0 spiro atoms. The summed E-state index contributed by atoms with van der Waals surface area (Å²) in [6, 6.07) is 12.4. The SMILES string of the molecule is CC(=O)c1ccc(OC(=O)COc2ccc3c(c2)CCC3)cc1. The number of esters is 1. The van der Waals surface area contributed by atoms with Gasteiger partial charge in [0.25, 0.3) is 0 Å². The lowest BCUT2D eigenvalue weighted by atomic mass is 10.1. The molecule has 0 bridgehead atoms. The lowest BCUT2D eigenvalue weighted by Crippen LogP contribution is -2.17. The molecular weight excluding hydrogens is 292 g/mol. The molecule has 0 saturated heterocycles. The summed E-state index contributed by atoms with van der Waals surface area (Å²) < 4.78 is 10.7. The lowest BCUT2D eigenvalue weighted by Gasteiger charge is -2.08. The summed E-state index contributed by atoms with van der Waals surface area (Å²) in [4.78, 5) is 23.0. The Labute approximate surface area is 135 Å². The third-order valence-electron chi connectivity index (χ3n) is 3.92. The molecule has 1 aliphatic rings. The number of carbonyl (C=O) groups is 2. The standard InChI is InChI=1S/C19H18O4/c1-13(20)14-5-8-17(9-6-14)23-19(21)12-22-18-10-7-15-3-2-4-16(15)11-18/h5-11H,2-4,12H2,1H3. The predicted molar refractivity (Wildman–Crippen MR) is 86.0 cm³/mol. The number of benzene rings is 2. The minimum absolute atomic E-state index is 0.0252. The Morgan fingerprint density at radius 1 is 0.957 bits per heavy atom. The van der Waals surface area contributed by atoms with Gasteiger partial charge in [0.05, 0.1) is 0 Å². The largest absolute Gasteiger partial charge is 0.482 e. The molecule has 118 valence electrons. The van der Waals surface area contributed by atoms with Crippen LogP contribution in [0.4, 0.5) is 0 Å². The Morgan fingerprint density at radius 2 is 1.65 bits per heavy atom. The maximum Gasteiger partial charge on any atom is 0.349 e. The van der Waals surface area contributed by atoms with E-state index in [9.17, 15) is 9.59 Å². The molecule has 0 N–H and O–H groups in total. The normalized spacial score (nSPS) is 12.6. The molecule has 0 amide bonds. The quantitative estimate of drug-likeness (QED) is 0.483. The Hall–Kier alpha value is -2.62. The smallest absolute Gasteiger partial charge is 0.349 e. The van der Waals surface area contributed by atoms with Crippen molar-refractivity contribution in [2.75, 3.05) is 6.61 Å². The van der Waals surface area contributed by atoms with E-state index in [1.807, 2.05) is 12.1 Å². The van der Waals surface area contributed by atoms with E-state index in [0.717, 1.165) is 12.8 Å². The Bertz CT molecular complexity index is 732. The second-order valence-corrected chi connectivity index (χ2v) is 5.63. The van der Waals surface area contributed by atoms with E-state index in [-0.39, 0.29) is 12.4 Å². The van der Waals surface area contributed by atoms with Crippen LogP contribution in [0, 0.1) is 0 Å². The molecule has 4 nitrogen and oxygen atoms in total. The van der Waals surface area contributed by atoms with Crippen molar-refractivity contribution in [3.8, 4) is 11.5 Å². The van der Waals surface area contributed by atoms with E-state index in [0.29, 0.717) is 17.1 Å². The molecule has 0 atom stereocenters. The van der Waals surface area contributed by atoms with E-state index in [1.54, 1.807) is 24.3 Å². The number of Topliss-reactive ketones (excluding diaryl/α,β-unsaturated/α-hetero) is 1. The van der Waals surface area contributed by atoms with Gasteiger partial charge in [0.15, 0.2) is 12.4 Å². The van der Waals surface area contributed by atoms with Crippen molar-refractivity contribution in [3.63, 3.8) is 0 Å². The van der Waals surface area contributed by atoms with Gasteiger partial charge in [-0.1, -0.05) is 6.07 Å². The van der Waals surface area contributed by atoms with Crippen LogP contribution in [0.25, 0.3) is 0 Å². The fourth-order valence-corrected chi connectivity index (χ4v) is 2.70. The van der Waals surface area contributed by atoms with E-state index >= 15 is 0 Å². The molecule has 0 aliphatic heterocycles. The molecule has 0 radical (unpaired) electrons. The summed E-state index contributed by atoms with van der Waals surface area (Å²) >= 11 is 0. The first-order chi connectivity index (χ1) is 11.1. The van der Waals surface area contributed by atoms with Crippen LogP contribution >= 0.6 is 0 Å². The highest BCUT2D eigenvalue weighted by Crippen LogP contribution is 2.26. The Balaban J connectivity index is 1.54. The van der Waals surface area contributed by atoms with Crippen LogP contribution in [0.15, 0.2) is 42.5 Å². The maximum atomic E-state index is 11.8. The number of hydrogen-bond acceptors (Lipinski definition) is 4. The van der Waals surface area contributed by atoms with Gasteiger partial charge in [-0.3, -0.25) is 4.79 Å². The Morgan fingerprint density at radius 3 is 2.39 bits per heavy atom. The summed E-state index contributed by atoms with van der Waals surface area (Å²) in [6.45, 7) is 1.35. The van der Waals surface area contributed by atoms with E-state index < -0.39 is 5.97 Å². The van der Waals surface area contributed by atoms with Crippen LogP contribution in [0.3, 0.4) is 0 Å². The van der Waals surface area contributed by atoms with Gasteiger partial charge in [-0.25, -0.2) is 4.79 Å². The zero-order valence-electron chi connectivity index (χ0n) is 13.0. The summed E-state index contributed by atoms with van der Waals surface area (Å²) in [5, 5.41) is 0. The molecule has 2 aromatic rings. The van der Waals surface area contributed by atoms with Gasteiger partial charge in [0, 0.05) is 5.56 Å². The van der Waals surface area contributed by atoms with Gasteiger partial charge >= 0.3 is 5.97 Å². The van der Waals surface area contributed by atoms with Crippen molar-refractivity contribution in [2.24, 2.45) is 0 Å². The molecule has 3 rings (SSSR count). The molecule has 0 unspecified atom stereocenters. The lowest BCUT2D eigenvalue weighted by molar-refractivity contribution is -0.136. The fraction of sp³-hybridized carbons (Fsp3) is 0.263. The van der Waals surface area contributed by atoms with E-state index in [1.165, 1.54) is 24.5 Å². The molecule has 0 saturated carbocycles. The number of hydrogen-bond donors (Lipinski definition) is 0. The third kappa shape index (κ3) is 3.77. The van der Waals surface area contributed by atoms with E-state index in [2.05, 4.69) is 6.07 Å². The molecule has 0 heterocycles. The van der Waals surface area contributed by atoms with Crippen molar-refractivity contribution in [1.82, 2.24) is 0 Å². The first-order valence-corrected chi connectivity index (χ1v) is 7.68. The Kier molecular flexibility index (Phi) is 4.42. The van der Waals surface area contributed by atoms with Gasteiger partial charge < -0.3 is 9.47 Å². The van der Waals surface area contributed by atoms with Crippen LogP contribution in [0.2, 0.25) is 0 Å². The second kappa shape index (κ2) is 6.65. The number of ether oxygens (including phenoxy) is 2. The van der Waals surface area contributed by atoms with Gasteiger partial charge in [0.2, 0.25) is 0 Å². The minimum atomic E-state index is -0.471. The fourth-order valence-electron chi connectivity index (χ4n) is 2.70. The molecule has 1 aliphatic carbocycles. The summed E-state index contributed by atoms with van der Waals surface area (Å²) in [6.07, 6.45) is 3.37. The van der Waals surface area contributed by atoms with Gasteiger partial charge in [-0.05, 0) is 73.7 Å². The number of rotatable bonds is 5. The molecule has 2 aromatic carbocycles. The van der Waals surface area contributed by atoms with Gasteiger partial charge in [0.1, 0.15) is 11.5 Å². The zero-order valence-corrected chi connectivity index (χ0v) is 13.0. The van der Waals surface area contributed by atoms with Crippen molar-refractivity contribution >= 4 is 11.8 Å². The average molecular weight is 310 g/mol. The third-order valence-corrected chi connectivity index (χ3v) is 3.92. The van der Waals surface area contributed by atoms with Gasteiger partial charge in [-0.2, -0.15) is 0 Å². The highest BCUT2D eigenvalue weighted by molar-refractivity contribution is 5.94. The van der Waals surface area contributed by atoms with Crippen LogP contribution in [-0.2, 0) is 17.6 Å². The van der Waals surface area contributed by atoms with Crippen molar-refractivity contribution < 1.29 is 19.1 Å². The van der Waals surface area contributed by atoms with Crippen LogP contribution in [0.5, 0.6) is 11.5 Å². The average Bonchev–Trinajstić information content (AvgIpc) is 3.01. The van der Waals surface area contributed by atoms with Crippen LogP contribution in [-0.4, -0.2) is 18.4 Å². The molecular formula is C19H18O4. The summed E-state index contributed by atoms with van der Waals surface area (Å²) in [5.41, 5.74) is 3.25. The molecule has 0 aromatic heterocycles. The summed E-state index contributed by atoms with van der Waals surface area (Å²) in [5.74, 6) is 0.593.